The molecule has 0 aromatic carbocycles. The Bertz CT molecular complexity index is 302. The van der Waals surface area contributed by atoms with E-state index in [9.17, 15) is 4.79 Å². The van der Waals surface area contributed by atoms with Crippen LogP contribution in [0.15, 0.2) is 0 Å². The van der Waals surface area contributed by atoms with Gasteiger partial charge in [-0.3, -0.25) is 4.79 Å². The Labute approximate surface area is 117 Å². The average Bonchev–Trinajstić information content (AvgIpc) is 2.36. The van der Waals surface area contributed by atoms with Crippen LogP contribution in [0.2, 0.25) is 0 Å². The summed E-state index contributed by atoms with van der Waals surface area (Å²) in [5, 5.41) is 12.0. The maximum Gasteiger partial charge on any atom is 0.240 e. The molecular weight excluding hydrogens is 236 g/mol. The van der Waals surface area contributed by atoms with Gasteiger partial charge in [-0.15, -0.1) is 0 Å². The number of rotatable bonds is 10. The van der Waals surface area contributed by atoms with Gasteiger partial charge >= 0.3 is 0 Å². The summed E-state index contributed by atoms with van der Waals surface area (Å²) in [5.74, 6) is -0.0378. The maximum absolute atomic E-state index is 11.9. The summed E-state index contributed by atoms with van der Waals surface area (Å²) < 4.78 is 0. The molecule has 1 aliphatic carbocycles. The van der Waals surface area contributed by atoms with Crippen LogP contribution in [0.5, 0.6) is 0 Å². The Hall–Kier alpha value is -1.04. The highest BCUT2D eigenvalue weighted by Crippen LogP contribution is 2.40. The molecule has 108 valence electrons. The molecule has 0 aromatic rings. The molecule has 1 amide bonds. The summed E-state index contributed by atoms with van der Waals surface area (Å²) in [6, 6.07) is 2.18. The third-order valence-electron chi connectivity index (χ3n) is 4.17. The fourth-order valence-electron chi connectivity index (χ4n) is 2.55. The molecular formula is C16H28N2O. The van der Waals surface area contributed by atoms with Crippen molar-refractivity contribution in [1.82, 2.24) is 5.32 Å². The molecule has 1 aliphatic rings. The second kappa shape index (κ2) is 8.96. The van der Waals surface area contributed by atoms with Crippen molar-refractivity contribution < 1.29 is 4.79 Å². The molecule has 0 heterocycles. The van der Waals surface area contributed by atoms with Gasteiger partial charge in [0.15, 0.2) is 0 Å². The fraction of sp³-hybridized carbons (Fsp3) is 0.875. The van der Waals surface area contributed by atoms with E-state index in [4.69, 9.17) is 5.26 Å². The summed E-state index contributed by atoms with van der Waals surface area (Å²) in [5.41, 5.74) is -0.680. The zero-order valence-electron chi connectivity index (χ0n) is 12.3. The zero-order valence-corrected chi connectivity index (χ0v) is 12.3. The summed E-state index contributed by atoms with van der Waals surface area (Å²) in [7, 11) is 0. The molecule has 0 radical (unpaired) electrons. The average molecular weight is 264 g/mol. The fourth-order valence-corrected chi connectivity index (χ4v) is 2.55. The number of hydrogen-bond donors (Lipinski definition) is 1. The van der Waals surface area contributed by atoms with Crippen LogP contribution in [-0.4, -0.2) is 12.5 Å². The Kier molecular flexibility index (Phi) is 7.55. The highest BCUT2D eigenvalue weighted by atomic mass is 16.2. The van der Waals surface area contributed by atoms with Gasteiger partial charge in [0, 0.05) is 6.54 Å². The van der Waals surface area contributed by atoms with E-state index in [0.717, 1.165) is 32.2 Å². The predicted molar refractivity (Wildman–Crippen MR) is 77.5 cm³/mol. The molecule has 0 aromatic heterocycles. The number of carbonyl (C=O) groups excluding carboxylic acids is 1. The Morgan fingerprint density at radius 3 is 2.16 bits per heavy atom. The minimum absolute atomic E-state index is 0.0378. The van der Waals surface area contributed by atoms with Crippen molar-refractivity contribution in [3.8, 4) is 6.07 Å². The van der Waals surface area contributed by atoms with E-state index >= 15 is 0 Å². The largest absolute Gasteiger partial charge is 0.355 e. The lowest BCUT2D eigenvalue weighted by atomic mass is 9.69. The van der Waals surface area contributed by atoms with Crippen LogP contribution in [0.25, 0.3) is 0 Å². The van der Waals surface area contributed by atoms with Crippen molar-refractivity contribution in [3.63, 3.8) is 0 Å². The van der Waals surface area contributed by atoms with Gasteiger partial charge < -0.3 is 5.32 Å². The number of nitrogens with one attached hydrogen (secondary N) is 1. The van der Waals surface area contributed by atoms with E-state index in [1.807, 2.05) is 0 Å². The van der Waals surface area contributed by atoms with E-state index in [1.54, 1.807) is 0 Å². The summed E-state index contributed by atoms with van der Waals surface area (Å²) in [6.45, 7) is 2.97. The van der Waals surface area contributed by atoms with E-state index in [1.165, 1.54) is 44.9 Å². The quantitative estimate of drug-likeness (QED) is 0.608. The van der Waals surface area contributed by atoms with Crippen LogP contribution in [0.1, 0.15) is 77.6 Å². The van der Waals surface area contributed by atoms with Gasteiger partial charge in [-0.25, -0.2) is 0 Å². The topological polar surface area (TPSA) is 52.9 Å². The number of carbonyl (C=O) groups is 1. The first-order chi connectivity index (χ1) is 9.25. The standard InChI is InChI=1S/C16H28N2O/c1-2-3-4-5-6-7-8-9-13-18-15(19)16(14-17)11-10-12-16/h2-13H2,1H3,(H,18,19). The normalized spacial score (nSPS) is 16.4. The predicted octanol–water partition coefficient (Wildman–Crippen LogP) is 3.94. The minimum atomic E-state index is -0.680. The summed E-state index contributed by atoms with van der Waals surface area (Å²) in [6.07, 6.45) is 12.7. The second-order valence-corrected chi connectivity index (χ2v) is 5.78. The molecule has 19 heavy (non-hydrogen) atoms. The van der Waals surface area contributed by atoms with Gasteiger partial charge in [0.2, 0.25) is 5.91 Å². The van der Waals surface area contributed by atoms with E-state index in [2.05, 4.69) is 18.3 Å². The molecule has 3 heteroatoms. The van der Waals surface area contributed by atoms with Crippen molar-refractivity contribution in [2.24, 2.45) is 5.41 Å². The second-order valence-electron chi connectivity index (χ2n) is 5.78. The molecule has 0 aliphatic heterocycles. The summed E-state index contributed by atoms with van der Waals surface area (Å²) in [4.78, 5) is 11.9. The van der Waals surface area contributed by atoms with E-state index in [0.29, 0.717) is 0 Å². The van der Waals surface area contributed by atoms with Crippen LogP contribution >= 0.6 is 0 Å². The number of hydrogen-bond acceptors (Lipinski definition) is 2. The molecule has 0 unspecified atom stereocenters. The highest BCUT2D eigenvalue weighted by Gasteiger charge is 2.44. The smallest absolute Gasteiger partial charge is 0.240 e. The van der Waals surface area contributed by atoms with Gasteiger partial charge in [-0.05, 0) is 25.7 Å². The first kappa shape index (κ1) is 16.0. The van der Waals surface area contributed by atoms with E-state index < -0.39 is 5.41 Å². The molecule has 1 rings (SSSR count). The van der Waals surface area contributed by atoms with Crippen LogP contribution in [0.3, 0.4) is 0 Å². The van der Waals surface area contributed by atoms with Gasteiger partial charge in [0.25, 0.3) is 0 Å². The van der Waals surface area contributed by atoms with E-state index in [-0.39, 0.29) is 5.91 Å². The monoisotopic (exact) mass is 264 g/mol. The number of nitrogens with zero attached hydrogens (tertiary/aromatic N) is 1. The number of amides is 1. The molecule has 3 nitrogen and oxygen atoms in total. The molecule has 0 atom stereocenters. The molecule has 0 saturated heterocycles. The molecule has 1 saturated carbocycles. The molecule has 1 N–H and O–H groups in total. The Morgan fingerprint density at radius 1 is 1.11 bits per heavy atom. The van der Waals surface area contributed by atoms with Crippen molar-refractivity contribution >= 4 is 5.91 Å². The third-order valence-corrected chi connectivity index (χ3v) is 4.17. The zero-order chi connectivity index (χ0) is 14.0. The van der Waals surface area contributed by atoms with Crippen molar-refractivity contribution in [2.45, 2.75) is 77.6 Å². The lowest BCUT2D eigenvalue weighted by Gasteiger charge is -2.33. The van der Waals surface area contributed by atoms with Crippen molar-refractivity contribution in [1.29, 1.82) is 5.26 Å². The maximum atomic E-state index is 11.9. The van der Waals surface area contributed by atoms with Gasteiger partial charge in [0.1, 0.15) is 5.41 Å². The van der Waals surface area contributed by atoms with Crippen LogP contribution in [0, 0.1) is 16.7 Å². The number of nitriles is 1. The van der Waals surface area contributed by atoms with Gasteiger partial charge in [0.05, 0.1) is 6.07 Å². The van der Waals surface area contributed by atoms with Crippen molar-refractivity contribution in [3.05, 3.63) is 0 Å². The lowest BCUT2D eigenvalue weighted by Crippen LogP contribution is -2.44. The SMILES string of the molecule is CCCCCCCCCCNC(=O)C1(C#N)CCC1. The Balaban J connectivity index is 1.94. The highest BCUT2D eigenvalue weighted by molar-refractivity contribution is 5.86. The first-order valence-corrected chi connectivity index (χ1v) is 7.95. The van der Waals surface area contributed by atoms with Crippen LogP contribution in [-0.2, 0) is 4.79 Å². The van der Waals surface area contributed by atoms with Crippen molar-refractivity contribution in [2.75, 3.05) is 6.54 Å². The van der Waals surface area contributed by atoms with Gasteiger partial charge in [-0.2, -0.15) is 5.26 Å². The first-order valence-electron chi connectivity index (χ1n) is 7.95. The minimum Gasteiger partial charge on any atom is -0.355 e. The molecule has 1 fully saturated rings. The third kappa shape index (κ3) is 5.22. The Morgan fingerprint density at radius 2 is 1.68 bits per heavy atom. The van der Waals surface area contributed by atoms with Gasteiger partial charge in [-0.1, -0.05) is 51.9 Å². The molecule has 0 bridgehead atoms. The molecule has 0 spiro atoms. The lowest BCUT2D eigenvalue weighted by molar-refractivity contribution is -0.131. The summed E-state index contributed by atoms with van der Waals surface area (Å²) >= 11 is 0. The number of unbranched alkanes of at least 4 members (excludes halogenated alkanes) is 7. The van der Waals surface area contributed by atoms with Crippen LogP contribution < -0.4 is 5.32 Å². The van der Waals surface area contributed by atoms with Crippen LogP contribution in [0.4, 0.5) is 0 Å².